The smallest absolute Gasteiger partial charge is 0.254 e. The Kier molecular flexibility index (Phi) is 4.67. The van der Waals surface area contributed by atoms with E-state index in [1.54, 1.807) is 11.3 Å². The Labute approximate surface area is 147 Å². The van der Waals surface area contributed by atoms with Crippen molar-refractivity contribution in [1.82, 2.24) is 9.80 Å². The standard InChI is InChI=1S/C20H24N2OS/c23-20(17-7-5-16(6-8-17)18-9-13-24-15-18)22-12-3-4-19(22)14-21-10-1-2-11-21/h5-9,13,15,19H,1-4,10-12,14H2/t19-/m0/s1. The molecule has 2 fully saturated rings. The molecule has 126 valence electrons. The molecule has 3 nitrogen and oxygen atoms in total. The van der Waals surface area contributed by atoms with Crippen LogP contribution in [0.2, 0.25) is 0 Å². The number of nitrogens with zero attached hydrogens (tertiary/aromatic N) is 2. The summed E-state index contributed by atoms with van der Waals surface area (Å²) >= 11 is 1.70. The molecule has 4 heteroatoms. The van der Waals surface area contributed by atoms with Crippen LogP contribution in [-0.2, 0) is 0 Å². The predicted molar refractivity (Wildman–Crippen MR) is 99.5 cm³/mol. The van der Waals surface area contributed by atoms with Crippen LogP contribution < -0.4 is 0 Å². The minimum absolute atomic E-state index is 0.202. The Morgan fingerprint density at radius 2 is 1.79 bits per heavy atom. The first-order valence-electron chi connectivity index (χ1n) is 8.97. The monoisotopic (exact) mass is 340 g/mol. The summed E-state index contributed by atoms with van der Waals surface area (Å²) in [7, 11) is 0. The average Bonchev–Trinajstić information content (AvgIpc) is 3.37. The number of benzene rings is 1. The van der Waals surface area contributed by atoms with E-state index in [0.717, 1.165) is 31.5 Å². The minimum atomic E-state index is 0.202. The van der Waals surface area contributed by atoms with Crippen LogP contribution in [0.15, 0.2) is 41.1 Å². The van der Waals surface area contributed by atoms with Crippen LogP contribution in [0.4, 0.5) is 0 Å². The molecule has 0 spiro atoms. The van der Waals surface area contributed by atoms with Crippen molar-refractivity contribution in [3.8, 4) is 11.1 Å². The molecule has 0 aliphatic carbocycles. The second-order valence-electron chi connectivity index (χ2n) is 6.89. The number of thiophene rings is 1. The van der Waals surface area contributed by atoms with Gasteiger partial charge in [0.2, 0.25) is 0 Å². The van der Waals surface area contributed by atoms with Crippen molar-refractivity contribution in [1.29, 1.82) is 0 Å². The number of likely N-dealkylation sites (tertiary alicyclic amines) is 2. The van der Waals surface area contributed by atoms with Gasteiger partial charge in [-0.3, -0.25) is 4.79 Å². The first-order valence-corrected chi connectivity index (χ1v) is 9.91. The van der Waals surface area contributed by atoms with Crippen molar-refractivity contribution < 1.29 is 4.79 Å². The molecule has 2 aliphatic rings. The highest BCUT2D eigenvalue weighted by atomic mass is 32.1. The maximum Gasteiger partial charge on any atom is 0.254 e. The van der Waals surface area contributed by atoms with Gasteiger partial charge in [0.25, 0.3) is 5.91 Å². The maximum absolute atomic E-state index is 12.9. The van der Waals surface area contributed by atoms with E-state index in [1.165, 1.54) is 37.1 Å². The predicted octanol–water partition coefficient (Wildman–Crippen LogP) is 4.12. The molecule has 0 unspecified atom stereocenters. The van der Waals surface area contributed by atoms with Crippen LogP contribution >= 0.6 is 11.3 Å². The lowest BCUT2D eigenvalue weighted by atomic mass is 10.1. The Morgan fingerprint density at radius 1 is 1.00 bits per heavy atom. The number of amides is 1. The van der Waals surface area contributed by atoms with Crippen molar-refractivity contribution in [2.24, 2.45) is 0 Å². The lowest BCUT2D eigenvalue weighted by Gasteiger charge is -2.28. The molecule has 0 radical (unpaired) electrons. The van der Waals surface area contributed by atoms with Crippen molar-refractivity contribution >= 4 is 17.2 Å². The van der Waals surface area contributed by atoms with Crippen LogP contribution in [0.3, 0.4) is 0 Å². The fraction of sp³-hybridized carbons (Fsp3) is 0.450. The third-order valence-electron chi connectivity index (χ3n) is 5.29. The molecule has 4 rings (SSSR count). The van der Waals surface area contributed by atoms with Crippen LogP contribution in [0, 0.1) is 0 Å². The highest BCUT2D eigenvalue weighted by Crippen LogP contribution is 2.25. The normalized spacial score (nSPS) is 21.5. The van der Waals surface area contributed by atoms with E-state index in [1.807, 2.05) is 12.1 Å². The fourth-order valence-corrected chi connectivity index (χ4v) is 4.62. The largest absolute Gasteiger partial charge is 0.334 e. The lowest BCUT2D eigenvalue weighted by Crippen LogP contribution is -2.42. The zero-order chi connectivity index (χ0) is 16.4. The van der Waals surface area contributed by atoms with Crippen molar-refractivity contribution in [3.05, 3.63) is 46.7 Å². The molecule has 1 aromatic carbocycles. The maximum atomic E-state index is 12.9. The third kappa shape index (κ3) is 3.26. The minimum Gasteiger partial charge on any atom is -0.334 e. The fourth-order valence-electron chi connectivity index (χ4n) is 3.96. The molecule has 2 aliphatic heterocycles. The molecule has 3 heterocycles. The summed E-state index contributed by atoms with van der Waals surface area (Å²) in [5, 5.41) is 4.23. The number of rotatable bonds is 4. The molecule has 0 saturated carbocycles. The zero-order valence-electron chi connectivity index (χ0n) is 14.0. The van der Waals surface area contributed by atoms with Crippen LogP contribution in [-0.4, -0.2) is 47.9 Å². The van der Waals surface area contributed by atoms with Crippen LogP contribution in [0.1, 0.15) is 36.0 Å². The second-order valence-corrected chi connectivity index (χ2v) is 7.67. The van der Waals surface area contributed by atoms with Gasteiger partial charge in [-0.15, -0.1) is 0 Å². The van der Waals surface area contributed by atoms with Crippen molar-refractivity contribution in [2.45, 2.75) is 31.7 Å². The van der Waals surface area contributed by atoms with Crippen molar-refractivity contribution in [2.75, 3.05) is 26.2 Å². The van der Waals surface area contributed by atoms with E-state index >= 15 is 0 Å². The number of carbonyl (C=O) groups is 1. The summed E-state index contributed by atoms with van der Waals surface area (Å²) in [6.07, 6.45) is 4.90. The van der Waals surface area contributed by atoms with Crippen molar-refractivity contribution in [3.63, 3.8) is 0 Å². The SMILES string of the molecule is O=C(c1ccc(-c2ccsc2)cc1)N1CCC[C@H]1CN1CCCC1. The first-order chi connectivity index (χ1) is 11.8. The van der Waals surface area contributed by atoms with Gasteiger partial charge in [0.15, 0.2) is 0 Å². The van der Waals surface area contributed by atoms with Gasteiger partial charge < -0.3 is 9.80 Å². The Hall–Kier alpha value is -1.65. The second kappa shape index (κ2) is 7.08. The Bertz CT molecular complexity index is 674. The molecule has 1 amide bonds. The zero-order valence-corrected chi connectivity index (χ0v) is 14.8. The highest BCUT2D eigenvalue weighted by molar-refractivity contribution is 7.08. The summed E-state index contributed by atoms with van der Waals surface area (Å²) in [5.74, 6) is 0.202. The molecule has 1 aromatic heterocycles. The molecular formula is C20H24N2OS. The van der Waals surface area contributed by atoms with Gasteiger partial charge in [0.05, 0.1) is 0 Å². The van der Waals surface area contributed by atoms with Crippen LogP contribution in [0.25, 0.3) is 11.1 Å². The number of hydrogen-bond donors (Lipinski definition) is 0. The van der Waals surface area contributed by atoms with E-state index in [2.05, 4.69) is 38.8 Å². The Balaban J connectivity index is 1.45. The van der Waals surface area contributed by atoms with Gasteiger partial charge in [0.1, 0.15) is 0 Å². The van der Waals surface area contributed by atoms with Gasteiger partial charge in [-0.2, -0.15) is 11.3 Å². The summed E-state index contributed by atoms with van der Waals surface area (Å²) in [6, 6.07) is 10.6. The number of hydrogen-bond acceptors (Lipinski definition) is 3. The molecule has 1 atom stereocenters. The topological polar surface area (TPSA) is 23.6 Å². The molecule has 2 aromatic rings. The lowest BCUT2D eigenvalue weighted by molar-refractivity contribution is 0.0709. The van der Waals surface area contributed by atoms with Gasteiger partial charge in [-0.25, -0.2) is 0 Å². The first kappa shape index (κ1) is 15.9. The number of carbonyl (C=O) groups excluding carboxylic acids is 1. The van der Waals surface area contributed by atoms with E-state index in [9.17, 15) is 4.79 Å². The van der Waals surface area contributed by atoms with Crippen LogP contribution in [0.5, 0.6) is 0 Å². The quantitative estimate of drug-likeness (QED) is 0.836. The average molecular weight is 340 g/mol. The van der Waals surface area contributed by atoms with E-state index < -0.39 is 0 Å². The van der Waals surface area contributed by atoms with Gasteiger partial charge in [-0.05, 0) is 78.9 Å². The van der Waals surface area contributed by atoms with Gasteiger partial charge in [-0.1, -0.05) is 12.1 Å². The molecule has 2 saturated heterocycles. The van der Waals surface area contributed by atoms with E-state index in [4.69, 9.17) is 0 Å². The van der Waals surface area contributed by atoms with E-state index in [-0.39, 0.29) is 5.91 Å². The molecule has 24 heavy (non-hydrogen) atoms. The third-order valence-corrected chi connectivity index (χ3v) is 5.98. The summed E-state index contributed by atoms with van der Waals surface area (Å²) in [4.78, 5) is 17.6. The summed E-state index contributed by atoms with van der Waals surface area (Å²) < 4.78 is 0. The van der Waals surface area contributed by atoms with Gasteiger partial charge in [0, 0.05) is 24.7 Å². The summed E-state index contributed by atoms with van der Waals surface area (Å²) in [5.41, 5.74) is 3.23. The van der Waals surface area contributed by atoms with Gasteiger partial charge >= 0.3 is 0 Å². The molecular weight excluding hydrogens is 316 g/mol. The summed E-state index contributed by atoms with van der Waals surface area (Å²) in [6.45, 7) is 4.37. The molecule has 0 bridgehead atoms. The molecule has 0 N–H and O–H groups in total. The Morgan fingerprint density at radius 3 is 2.50 bits per heavy atom. The highest BCUT2D eigenvalue weighted by Gasteiger charge is 2.31. The van der Waals surface area contributed by atoms with E-state index in [0.29, 0.717) is 6.04 Å².